The van der Waals surface area contributed by atoms with E-state index in [0.717, 1.165) is 49.5 Å². The third kappa shape index (κ3) is 3.33. The standard InChI is InChI=1S/C22H23N5O2/c1-15-23-17-5-2-3-6-20(17)27(15)14-16-8-10-26(11-9-16)22(28)19-13-18(24-25-19)21-7-4-12-29-21/h2-7,12-13,16H,8-11,14H2,1H3,(H,24,25). The molecule has 0 spiro atoms. The number of H-pyrrole nitrogens is 1. The molecule has 148 valence electrons. The summed E-state index contributed by atoms with van der Waals surface area (Å²) in [7, 11) is 0. The van der Waals surface area contributed by atoms with Crippen molar-refractivity contribution < 1.29 is 9.21 Å². The lowest BCUT2D eigenvalue weighted by molar-refractivity contribution is 0.0677. The van der Waals surface area contributed by atoms with Crippen LogP contribution in [0.25, 0.3) is 22.5 Å². The molecule has 3 aromatic heterocycles. The van der Waals surface area contributed by atoms with Crippen LogP contribution < -0.4 is 0 Å². The number of carbonyl (C=O) groups excluding carboxylic acids is 1. The summed E-state index contributed by atoms with van der Waals surface area (Å²) in [6, 6.07) is 13.7. The van der Waals surface area contributed by atoms with E-state index in [9.17, 15) is 4.79 Å². The minimum atomic E-state index is -0.0261. The number of aromatic amines is 1. The number of imidazole rings is 1. The highest BCUT2D eigenvalue weighted by molar-refractivity contribution is 5.93. The summed E-state index contributed by atoms with van der Waals surface area (Å²) >= 11 is 0. The molecule has 1 aliphatic heterocycles. The Kier molecular flexibility index (Phi) is 4.42. The molecule has 4 heterocycles. The van der Waals surface area contributed by atoms with Gasteiger partial charge in [-0.2, -0.15) is 5.10 Å². The fourth-order valence-electron chi connectivity index (χ4n) is 4.15. The quantitative estimate of drug-likeness (QED) is 0.574. The van der Waals surface area contributed by atoms with Crippen LogP contribution in [-0.2, 0) is 6.54 Å². The van der Waals surface area contributed by atoms with Gasteiger partial charge < -0.3 is 13.9 Å². The second-order valence-electron chi connectivity index (χ2n) is 7.64. The summed E-state index contributed by atoms with van der Waals surface area (Å²) < 4.78 is 7.67. The van der Waals surface area contributed by atoms with Gasteiger partial charge in [0, 0.05) is 25.7 Å². The van der Waals surface area contributed by atoms with Crippen molar-refractivity contribution in [1.82, 2.24) is 24.6 Å². The number of likely N-dealkylation sites (tertiary alicyclic amines) is 1. The van der Waals surface area contributed by atoms with Gasteiger partial charge in [0.25, 0.3) is 5.91 Å². The SMILES string of the molecule is Cc1nc2ccccc2n1CC1CCN(C(=O)c2cc(-c3ccco3)[nH]n2)CC1. The number of rotatable bonds is 4. The van der Waals surface area contributed by atoms with Crippen LogP contribution in [0, 0.1) is 12.8 Å². The Morgan fingerprint density at radius 1 is 1.21 bits per heavy atom. The van der Waals surface area contributed by atoms with E-state index in [1.807, 2.05) is 23.1 Å². The molecule has 1 saturated heterocycles. The van der Waals surface area contributed by atoms with Crippen LogP contribution in [0.5, 0.6) is 0 Å². The lowest BCUT2D eigenvalue weighted by Gasteiger charge is -2.32. The first kappa shape index (κ1) is 17.7. The Bertz CT molecular complexity index is 1130. The summed E-state index contributed by atoms with van der Waals surface area (Å²) in [6.07, 6.45) is 3.56. The van der Waals surface area contributed by atoms with Crippen LogP contribution in [0.15, 0.2) is 53.1 Å². The number of aromatic nitrogens is 4. The van der Waals surface area contributed by atoms with Crippen molar-refractivity contribution in [3.8, 4) is 11.5 Å². The van der Waals surface area contributed by atoms with E-state index in [0.29, 0.717) is 17.4 Å². The number of benzene rings is 1. The molecule has 0 atom stereocenters. The maximum absolute atomic E-state index is 12.8. The van der Waals surface area contributed by atoms with Crippen LogP contribution in [0.2, 0.25) is 0 Å². The molecule has 0 saturated carbocycles. The van der Waals surface area contributed by atoms with Gasteiger partial charge in [0.05, 0.1) is 17.3 Å². The molecule has 1 amide bonds. The third-order valence-electron chi connectivity index (χ3n) is 5.77. The highest BCUT2D eigenvalue weighted by Crippen LogP contribution is 2.25. The first-order valence-electron chi connectivity index (χ1n) is 9.99. The van der Waals surface area contributed by atoms with E-state index >= 15 is 0 Å². The van der Waals surface area contributed by atoms with Crippen molar-refractivity contribution in [1.29, 1.82) is 0 Å². The number of fused-ring (bicyclic) bond motifs is 1. The zero-order valence-corrected chi connectivity index (χ0v) is 16.3. The van der Waals surface area contributed by atoms with E-state index in [2.05, 4.69) is 44.9 Å². The molecule has 7 nitrogen and oxygen atoms in total. The number of furan rings is 1. The van der Waals surface area contributed by atoms with E-state index < -0.39 is 0 Å². The second kappa shape index (κ2) is 7.24. The van der Waals surface area contributed by atoms with Crippen LogP contribution >= 0.6 is 0 Å². The summed E-state index contributed by atoms with van der Waals surface area (Å²) in [5.41, 5.74) is 3.39. The number of amides is 1. The molecular weight excluding hydrogens is 366 g/mol. The third-order valence-corrected chi connectivity index (χ3v) is 5.77. The van der Waals surface area contributed by atoms with Gasteiger partial charge in [0.2, 0.25) is 0 Å². The molecule has 5 rings (SSSR count). The van der Waals surface area contributed by atoms with Gasteiger partial charge in [-0.15, -0.1) is 0 Å². The molecule has 29 heavy (non-hydrogen) atoms. The lowest BCUT2D eigenvalue weighted by atomic mass is 9.96. The van der Waals surface area contributed by atoms with Crippen molar-refractivity contribution in [2.75, 3.05) is 13.1 Å². The zero-order valence-electron chi connectivity index (χ0n) is 16.3. The maximum Gasteiger partial charge on any atom is 0.274 e. The van der Waals surface area contributed by atoms with E-state index in [1.54, 1.807) is 12.3 Å². The zero-order chi connectivity index (χ0) is 19.8. The first-order chi connectivity index (χ1) is 14.2. The van der Waals surface area contributed by atoms with Crippen molar-refractivity contribution in [3.63, 3.8) is 0 Å². The Balaban J connectivity index is 1.23. The summed E-state index contributed by atoms with van der Waals surface area (Å²) in [5, 5.41) is 7.07. The molecule has 0 unspecified atom stereocenters. The van der Waals surface area contributed by atoms with Crippen molar-refractivity contribution >= 4 is 16.9 Å². The number of aryl methyl sites for hydroxylation is 1. The number of piperidine rings is 1. The topological polar surface area (TPSA) is 80.0 Å². The molecule has 1 aliphatic rings. The Morgan fingerprint density at radius 2 is 2.03 bits per heavy atom. The molecule has 1 N–H and O–H groups in total. The fourth-order valence-corrected chi connectivity index (χ4v) is 4.15. The van der Waals surface area contributed by atoms with E-state index in [1.165, 1.54) is 5.52 Å². The number of hydrogen-bond acceptors (Lipinski definition) is 4. The average molecular weight is 389 g/mol. The van der Waals surface area contributed by atoms with Gasteiger partial charge >= 0.3 is 0 Å². The lowest BCUT2D eigenvalue weighted by Crippen LogP contribution is -2.39. The number of nitrogens with one attached hydrogen (secondary N) is 1. The average Bonchev–Trinajstić information content (AvgIpc) is 3.49. The number of hydrogen-bond donors (Lipinski definition) is 1. The highest BCUT2D eigenvalue weighted by Gasteiger charge is 2.26. The van der Waals surface area contributed by atoms with Gasteiger partial charge in [0.15, 0.2) is 11.5 Å². The number of carbonyl (C=O) groups is 1. The fraction of sp³-hybridized carbons (Fsp3) is 0.318. The largest absolute Gasteiger partial charge is 0.463 e. The summed E-state index contributed by atoms with van der Waals surface area (Å²) in [5.74, 6) is 2.24. The molecule has 4 aromatic rings. The van der Waals surface area contributed by atoms with Gasteiger partial charge in [-0.05, 0) is 49.9 Å². The maximum atomic E-state index is 12.8. The van der Waals surface area contributed by atoms with Crippen LogP contribution in [0.4, 0.5) is 0 Å². The summed E-state index contributed by atoms with van der Waals surface area (Å²) in [6.45, 7) is 4.50. The van der Waals surface area contributed by atoms with E-state index in [-0.39, 0.29) is 5.91 Å². The molecule has 1 aromatic carbocycles. The molecule has 0 bridgehead atoms. The number of nitrogens with zero attached hydrogens (tertiary/aromatic N) is 4. The second-order valence-corrected chi connectivity index (χ2v) is 7.64. The molecule has 7 heteroatoms. The van der Waals surface area contributed by atoms with Gasteiger partial charge in [0.1, 0.15) is 11.5 Å². The Labute approximate surface area is 168 Å². The monoisotopic (exact) mass is 389 g/mol. The predicted octanol–water partition coefficient (Wildman–Crippen LogP) is 3.88. The molecule has 1 fully saturated rings. The van der Waals surface area contributed by atoms with Crippen LogP contribution in [0.3, 0.4) is 0 Å². The summed E-state index contributed by atoms with van der Waals surface area (Å²) in [4.78, 5) is 19.4. The minimum absolute atomic E-state index is 0.0261. The minimum Gasteiger partial charge on any atom is -0.463 e. The Hall–Kier alpha value is -3.35. The molecule has 0 aliphatic carbocycles. The molecular formula is C22H23N5O2. The van der Waals surface area contributed by atoms with Crippen molar-refractivity contribution in [3.05, 3.63) is 60.2 Å². The Morgan fingerprint density at radius 3 is 2.83 bits per heavy atom. The normalized spacial score (nSPS) is 15.3. The van der Waals surface area contributed by atoms with Crippen LogP contribution in [-0.4, -0.2) is 43.6 Å². The highest BCUT2D eigenvalue weighted by atomic mass is 16.3. The van der Waals surface area contributed by atoms with Gasteiger partial charge in [-0.1, -0.05) is 12.1 Å². The molecule has 0 radical (unpaired) electrons. The van der Waals surface area contributed by atoms with Crippen molar-refractivity contribution in [2.45, 2.75) is 26.3 Å². The van der Waals surface area contributed by atoms with E-state index in [4.69, 9.17) is 4.42 Å². The van der Waals surface area contributed by atoms with Gasteiger partial charge in [-0.25, -0.2) is 4.98 Å². The van der Waals surface area contributed by atoms with Crippen molar-refractivity contribution in [2.24, 2.45) is 5.92 Å². The van der Waals surface area contributed by atoms with Crippen LogP contribution in [0.1, 0.15) is 29.2 Å². The van der Waals surface area contributed by atoms with Gasteiger partial charge in [-0.3, -0.25) is 9.89 Å². The number of para-hydroxylation sites is 2. The first-order valence-corrected chi connectivity index (χ1v) is 9.99. The predicted molar refractivity (Wildman–Crippen MR) is 109 cm³/mol. The smallest absolute Gasteiger partial charge is 0.274 e.